The van der Waals surface area contributed by atoms with E-state index in [0.29, 0.717) is 11.3 Å². The van der Waals surface area contributed by atoms with Crippen LogP contribution in [0.4, 0.5) is 5.95 Å². The molecule has 2 heterocycles. The first-order valence-electron chi connectivity index (χ1n) is 6.77. The maximum absolute atomic E-state index is 12.4. The van der Waals surface area contributed by atoms with Gasteiger partial charge >= 0.3 is 0 Å². The summed E-state index contributed by atoms with van der Waals surface area (Å²) >= 11 is 0. The lowest BCUT2D eigenvalue weighted by Crippen LogP contribution is -2.34. The Bertz CT molecular complexity index is 649. The number of aryl methyl sites for hydroxylation is 2. The number of carbonyl (C=O) groups excluding carboxylic acids is 1. The molecule has 0 saturated carbocycles. The largest absolute Gasteiger partial charge is 0.368 e. The molecule has 3 N–H and O–H groups in total. The Morgan fingerprint density at radius 2 is 2.10 bits per heavy atom. The van der Waals surface area contributed by atoms with Crippen LogP contribution in [0.2, 0.25) is 0 Å². The van der Waals surface area contributed by atoms with E-state index in [4.69, 9.17) is 5.73 Å². The molecule has 0 radical (unpaired) electrons. The Morgan fingerprint density at radius 3 is 2.62 bits per heavy atom. The molecule has 7 heteroatoms. The SMILES string of the molecule is Cc1nc(N)ncc1C(=O)N[C@H](c1nccn1C)C(C)C. The van der Waals surface area contributed by atoms with Gasteiger partial charge in [-0.3, -0.25) is 4.79 Å². The van der Waals surface area contributed by atoms with Crippen molar-refractivity contribution in [3.05, 3.63) is 35.7 Å². The number of nitrogens with one attached hydrogen (secondary N) is 1. The van der Waals surface area contributed by atoms with Gasteiger partial charge in [0.2, 0.25) is 5.95 Å². The zero-order chi connectivity index (χ0) is 15.6. The van der Waals surface area contributed by atoms with E-state index < -0.39 is 0 Å². The molecule has 0 aromatic carbocycles. The third kappa shape index (κ3) is 3.18. The third-order valence-corrected chi connectivity index (χ3v) is 3.33. The van der Waals surface area contributed by atoms with Crippen LogP contribution in [0, 0.1) is 12.8 Å². The van der Waals surface area contributed by atoms with Gasteiger partial charge in [0.25, 0.3) is 5.91 Å². The minimum Gasteiger partial charge on any atom is -0.368 e. The molecule has 0 bridgehead atoms. The molecule has 0 spiro atoms. The molecule has 0 aliphatic rings. The first kappa shape index (κ1) is 15.0. The fourth-order valence-electron chi connectivity index (χ4n) is 2.13. The van der Waals surface area contributed by atoms with Crippen LogP contribution in [-0.2, 0) is 7.05 Å². The smallest absolute Gasteiger partial charge is 0.255 e. The number of rotatable bonds is 4. The molecule has 1 atom stereocenters. The Labute approximate surface area is 123 Å². The van der Waals surface area contributed by atoms with Gasteiger partial charge in [-0.2, -0.15) is 0 Å². The van der Waals surface area contributed by atoms with Crippen LogP contribution >= 0.6 is 0 Å². The molecule has 0 fully saturated rings. The van der Waals surface area contributed by atoms with E-state index in [1.807, 2.05) is 31.7 Å². The van der Waals surface area contributed by atoms with Crippen molar-refractivity contribution < 1.29 is 4.79 Å². The van der Waals surface area contributed by atoms with Crippen molar-refractivity contribution >= 4 is 11.9 Å². The van der Waals surface area contributed by atoms with Crippen LogP contribution in [0.15, 0.2) is 18.6 Å². The van der Waals surface area contributed by atoms with E-state index in [1.165, 1.54) is 6.20 Å². The van der Waals surface area contributed by atoms with Crippen molar-refractivity contribution in [1.29, 1.82) is 0 Å². The third-order valence-electron chi connectivity index (χ3n) is 3.33. The minimum atomic E-state index is -0.228. The van der Waals surface area contributed by atoms with E-state index in [-0.39, 0.29) is 23.8 Å². The van der Waals surface area contributed by atoms with Crippen molar-refractivity contribution in [2.24, 2.45) is 13.0 Å². The second-order valence-electron chi connectivity index (χ2n) is 5.32. The molecule has 21 heavy (non-hydrogen) atoms. The van der Waals surface area contributed by atoms with Gasteiger partial charge in [0, 0.05) is 25.6 Å². The Kier molecular flexibility index (Phi) is 4.21. The summed E-state index contributed by atoms with van der Waals surface area (Å²) in [6.07, 6.45) is 5.02. The summed E-state index contributed by atoms with van der Waals surface area (Å²) in [5, 5.41) is 2.99. The lowest BCUT2D eigenvalue weighted by Gasteiger charge is -2.22. The Morgan fingerprint density at radius 1 is 1.38 bits per heavy atom. The number of imidazole rings is 1. The molecule has 2 rings (SSSR count). The molecule has 2 aromatic rings. The van der Waals surface area contributed by atoms with Gasteiger partial charge in [0.15, 0.2) is 0 Å². The number of hydrogen-bond donors (Lipinski definition) is 2. The van der Waals surface area contributed by atoms with Gasteiger partial charge < -0.3 is 15.6 Å². The Balaban J connectivity index is 2.25. The lowest BCUT2D eigenvalue weighted by atomic mass is 10.0. The van der Waals surface area contributed by atoms with Gasteiger partial charge in [0.1, 0.15) is 5.82 Å². The number of amides is 1. The summed E-state index contributed by atoms with van der Waals surface area (Å²) in [7, 11) is 1.90. The zero-order valence-electron chi connectivity index (χ0n) is 12.7. The van der Waals surface area contributed by atoms with Crippen molar-refractivity contribution in [2.75, 3.05) is 5.73 Å². The summed E-state index contributed by atoms with van der Waals surface area (Å²) in [4.78, 5) is 24.6. The summed E-state index contributed by atoms with van der Waals surface area (Å²) in [5.74, 6) is 0.945. The second kappa shape index (κ2) is 5.90. The van der Waals surface area contributed by atoms with Gasteiger partial charge in [-0.05, 0) is 12.8 Å². The van der Waals surface area contributed by atoms with Crippen LogP contribution in [-0.4, -0.2) is 25.4 Å². The number of hydrogen-bond acceptors (Lipinski definition) is 5. The fraction of sp³-hybridized carbons (Fsp3) is 0.429. The van der Waals surface area contributed by atoms with Crippen molar-refractivity contribution in [3.63, 3.8) is 0 Å². The maximum atomic E-state index is 12.4. The predicted molar refractivity (Wildman–Crippen MR) is 79.4 cm³/mol. The molecule has 7 nitrogen and oxygen atoms in total. The van der Waals surface area contributed by atoms with Gasteiger partial charge in [-0.1, -0.05) is 13.8 Å². The quantitative estimate of drug-likeness (QED) is 0.881. The lowest BCUT2D eigenvalue weighted by molar-refractivity contribution is 0.0921. The van der Waals surface area contributed by atoms with Crippen LogP contribution in [0.3, 0.4) is 0 Å². The van der Waals surface area contributed by atoms with Crippen LogP contribution < -0.4 is 11.1 Å². The molecular formula is C14H20N6O. The van der Waals surface area contributed by atoms with E-state index >= 15 is 0 Å². The number of carbonyl (C=O) groups is 1. The number of nitrogens with zero attached hydrogens (tertiary/aromatic N) is 4. The number of nitrogen functional groups attached to an aromatic ring is 1. The highest BCUT2D eigenvalue weighted by Crippen LogP contribution is 2.20. The van der Waals surface area contributed by atoms with Crippen LogP contribution in [0.25, 0.3) is 0 Å². The fourth-order valence-corrected chi connectivity index (χ4v) is 2.13. The summed E-state index contributed by atoms with van der Waals surface area (Å²) < 4.78 is 1.90. The summed E-state index contributed by atoms with van der Waals surface area (Å²) in [6.45, 7) is 5.80. The number of anilines is 1. The normalized spacial score (nSPS) is 12.4. The van der Waals surface area contributed by atoms with Gasteiger partial charge in [-0.15, -0.1) is 0 Å². The average Bonchev–Trinajstić information content (AvgIpc) is 2.81. The highest BCUT2D eigenvalue weighted by Gasteiger charge is 2.23. The standard InChI is InChI=1S/C14H20N6O/c1-8(2)11(12-16-5-6-20(12)4)19-13(21)10-7-17-14(15)18-9(10)3/h5-8,11H,1-4H3,(H,19,21)(H2,15,17,18)/t11-/m0/s1. The predicted octanol–water partition coefficient (Wildman–Crippen LogP) is 1.23. The molecular weight excluding hydrogens is 268 g/mol. The van der Waals surface area contributed by atoms with E-state index in [2.05, 4.69) is 20.3 Å². The van der Waals surface area contributed by atoms with Crippen LogP contribution in [0.1, 0.15) is 41.8 Å². The van der Waals surface area contributed by atoms with Crippen LogP contribution in [0.5, 0.6) is 0 Å². The first-order chi connectivity index (χ1) is 9.90. The molecule has 2 aromatic heterocycles. The molecule has 1 amide bonds. The van der Waals surface area contributed by atoms with Crippen molar-refractivity contribution in [3.8, 4) is 0 Å². The molecule has 0 saturated heterocycles. The summed E-state index contributed by atoms with van der Waals surface area (Å²) in [5.41, 5.74) is 6.49. The second-order valence-corrected chi connectivity index (χ2v) is 5.32. The van der Waals surface area contributed by atoms with E-state index in [0.717, 1.165) is 5.82 Å². The van der Waals surface area contributed by atoms with Gasteiger partial charge in [0.05, 0.1) is 17.3 Å². The van der Waals surface area contributed by atoms with Gasteiger partial charge in [-0.25, -0.2) is 15.0 Å². The molecule has 0 aliphatic carbocycles. The number of aromatic nitrogens is 4. The highest BCUT2D eigenvalue weighted by molar-refractivity contribution is 5.95. The zero-order valence-corrected chi connectivity index (χ0v) is 12.7. The van der Waals surface area contributed by atoms with Crippen molar-refractivity contribution in [2.45, 2.75) is 26.8 Å². The monoisotopic (exact) mass is 288 g/mol. The topological polar surface area (TPSA) is 98.7 Å². The molecule has 0 aliphatic heterocycles. The number of nitrogens with two attached hydrogens (primary N) is 1. The average molecular weight is 288 g/mol. The minimum absolute atomic E-state index is 0.161. The van der Waals surface area contributed by atoms with Crippen molar-refractivity contribution in [1.82, 2.24) is 24.8 Å². The Hall–Kier alpha value is -2.44. The van der Waals surface area contributed by atoms with E-state index in [1.54, 1.807) is 13.1 Å². The van der Waals surface area contributed by atoms with E-state index in [9.17, 15) is 4.79 Å². The summed E-state index contributed by atoms with van der Waals surface area (Å²) in [6, 6.07) is -0.186. The molecule has 0 unspecified atom stereocenters. The molecule has 112 valence electrons. The maximum Gasteiger partial charge on any atom is 0.255 e. The highest BCUT2D eigenvalue weighted by atomic mass is 16.1. The first-order valence-corrected chi connectivity index (χ1v) is 6.77.